The molecule has 3 heteroatoms. The summed E-state index contributed by atoms with van der Waals surface area (Å²) >= 11 is 0. The Balaban J connectivity index is 1.69. The molecule has 0 saturated carbocycles. The van der Waals surface area contributed by atoms with E-state index in [1.54, 1.807) is 0 Å². The van der Waals surface area contributed by atoms with Gasteiger partial charge in [0, 0.05) is 44.1 Å². The van der Waals surface area contributed by atoms with E-state index < -0.39 is 0 Å². The zero-order valence-electron chi connectivity index (χ0n) is 8.89. The summed E-state index contributed by atoms with van der Waals surface area (Å²) in [6.07, 6.45) is 6.49. The quantitative estimate of drug-likeness (QED) is 0.778. The van der Waals surface area contributed by atoms with Gasteiger partial charge in [-0.05, 0) is 30.5 Å². The van der Waals surface area contributed by atoms with Crippen LogP contribution in [0.15, 0.2) is 24.5 Å². The van der Waals surface area contributed by atoms with Crippen LogP contribution in [0.5, 0.6) is 0 Å². The van der Waals surface area contributed by atoms with Gasteiger partial charge in [0.05, 0.1) is 0 Å². The molecule has 0 amide bonds. The molecular formula is C12H17N3. The number of fused-ring (bicyclic) bond motifs is 3. The van der Waals surface area contributed by atoms with Crippen molar-refractivity contribution in [1.29, 1.82) is 0 Å². The monoisotopic (exact) mass is 203 g/mol. The number of hydrogen-bond donors (Lipinski definition) is 1. The molecule has 3 saturated heterocycles. The molecule has 4 heterocycles. The van der Waals surface area contributed by atoms with Gasteiger partial charge in [0.25, 0.3) is 0 Å². The minimum absolute atomic E-state index is 0.733. The lowest BCUT2D eigenvalue weighted by molar-refractivity contribution is 0.0685. The summed E-state index contributed by atoms with van der Waals surface area (Å²) in [5, 5.41) is 3.58. The Morgan fingerprint density at radius 1 is 1.33 bits per heavy atom. The van der Waals surface area contributed by atoms with E-state index in [0.29, 0.717) is 0 Å². The highest BCUT2D eigenvalue weighted by Crippen LogP contribution is 2.23. The lowest BCUT2D eigenvalue weighted by Gasteiger charge is -2.46. The van der Waals surface area contributed by atoms with E-state index in [2.05, 4.69) is 27.3 Å². The van der Waals surface area contributed by atoms with Crippen molar-refractivity contribution in [1.82, 2.24) is 15.2 Å². The van der Waals surface area contributed by atoms with E-state index in [4.69, 9.17) is 0 Å². The Hall–Kier alpha value is -0.930. The molecule has 3 aliphatic heterocycles. The van der Waals surface area contributed by atoms with E-state index >= 15 is 0 Å². The smallest absolute Gasteiger partial charge is 0.0271 e. The van der Waals surface area contributed by atoms with Crippen molar-refractivity contribution in [2.24, 2.45) is 0 Å². The van der Waals surface area contributed by atoms with E-state index in [-0.39, 0.29) is 0 Å². The van der Waals surface area contributed by atoms with Crippen molar-refractivity contribution < 1.29 is 0 Å². The second kappa shape index (κ2) is 3.91. The largest absolute Gasteiger partial charge is 0.311 e. The van der Waals surface area contributed by atoms with Crippen molar-refractivity contribution >= 4 is 0 Å². The minimum atomic E-state index is 0.733. The number of nitrogens with one attached hydrogen (secondary N) is 1. The molecule has 3 fully saturated rings. The maximum atomic E-state index is 4.06. The third-order valence-corrected chi connectivity index (χ3v) is 3.60. The summed E-state index contributed by atoms with van der Waals surface area (Å²) in [6, 6.07) is 5.73. The maximum Gasteiger partial charge on any atom is 0.0271 e. The van der Waals surface area contributed by atoms with Crippen LogP contribution >= 0.6 is 0 Å². The van der Waals surface area contributed by atoms with E-state index in [1.165, 1.54) is 31.5 Å². The summed E-state index contributed by atoms with van der Waals surface area (Å²) in [6.45, 7) is 3.48. The first-order chi connectivity index (χ1) is 7.42. The zero-order chi connectivity index (χ0) is 10.1. The fourth-order valence-corrected chi connectivity index (χ4v) is 2.72. The molecule has 0 spiro atoms. The molecule has 80 valence electrons. The van der Waals surface area contributed by atoms with Gasteiger partial charge < -0.3 is 5.32 Å². The first kappa shape index (κ1) is 9.31. The molecule has 1 aromatic heterocycles. The van der Waals surface area contributed by atoms with Gasteiger partial charge in [0.2, 0.25) is 0 Å². The highest BCUT2D eigenvalue weighted by atomic mass is 15.2. The highest BCUT2D eigenvalue weighted by Gasteiger charge is 2.32. The minimum Gasteiger partial charge on any atom is -0.311 e. The second-order valence-corrected chi connectivity index (χ2v) is 4.62. The van der Waals surface area contributed by atoms with Crippen LogP contribution in [-0.4, -0.2) is 35.1 Å². The molecule has 0 radical (unpaired) electrons. The fraction of sp³-hybridized carbons (Fsp3) is 0.583. The third-order valence-electron chi connectivity index (χ3n) is 3.60. The van der Waals surface area contributed by atoms with Gasteiger partial charge in [-0.25, -0.2) is 0 Å². The zero-order valence-corrected chi connectivity index (χ0v) is 8.89. The van der Waals surface area contributed by atoms with Crippen molar-refractivity contribution in [3.8, 4) is 0 Å². The Morgan fingerprint density at radius 3 is 2.80 bits per heavy atom. The number of pyridine rings is 1. The molecule has 3 nitrogen and oxygen atoms in total. The average molecular weight is 203 g/mol. The van der Waals surface area contributed by atoms with Gasteiger partial charge in [0.1, 0.15) is 0 Å². The lowest BCUT2D eigenvalue weighted by atomic mass is 9.93. The van der Waals surface area contributed by atoms with Crippen LogP contribution in [0.3, 0.4) is 0 Å². The molecule has 2 unspecified atom stereocenters. The van der Waals surface area contributed by atoms with Crippen LogP contribution in [0.4, 0.5) is 0 Å². The topological polar surface area (TPSA) is 28.2 Å². The number of aromatic nitrogens is 1. The SMILES string of the molecule is c1cc(CN2CC3CCC2CN3)ccn1. The number of rotatable bonds is 2. The molecule has 1 aromatic rings. The predicted octanol–water partition coefficient (Wildman–Crippen LogP) is 1.02. The summed E-state index contributed by atoms with van der Waals surface area (Å²) in [7, 11) is 0. The highest BCUT2D eigenvalue weighted by molar-refractivity contribution is 5.10. The molecule has 0 aromatic carbocycles. The summed E-state index contributed by atoms with van der Waals surface area (Å²) in [5.74, 6) is 0. The van der Waals surface area contributed by atoms with Crippen molar-refractivity contribution in [3.05, 3.63) is 30.1 Å². The fourth-order valence-electron chi connectivity index (χ4n) is 2.72. The Bertz CT molecular complexity index is 317. The number of piperazine rings is 1. The lowest BCUT2D eigenvalue weighted by Crippen LogP contribution is -2.60. The number of piperidine rings is 2. The van der Waals surface area contributed by atoms with Crippen molar-refractivity contribution in [3.63, 3.8) is 0 Å². The van der Waals surface area contributed by atoms with E-state index in [9.17, 15) is 0 Å². The van der Waals surface area contributed by atoms with Crippen molar-refractivity contribution in [2.45, 2.75) is 31.5 Å². The van der Waals surface area contributed by atoms with Crippen LogP contribution in [0.25, 0.3) is 0 Å². The number of nitrogens with zero attached hydrogens (tertiary/aromatic N) is 2. The first-order valence-corrected chi connectivity index (χ1v) is 5.78. The number of hydrogen-bond acceptors (Lipinski definition) is 3. The molecule has 2 bridgehead atoms. The third kappa shape index (κ3) is 1.90. The molecule has 1 N–H and O–H groups in total. The van der Waals surface area contributed by atoms with Gasteiger partial charge in [-0.1, -0.05) is 0 Å². The van der Waals surface area contributed by atoms with Gasteiger partial charge in [-0.2, -0.15) is 0 Å². The van der Waals surface area contributed by atoms with Crippen LogP contribution in [0.1, 0.15) is 18.4 Å². The predicted molar refractivity (Wildman–Crippen MR) is 59.5 cm³/mol. The van der Waals surface area contributed by atoms with Crippen LogP contribution in [0, 0.1) is 0 Å². The van der Waals surface area contributed by atoms with E-state index in [1.807, 2.05) is 12.4 Å². The normalized spacial score (nSPS) is 30.7. The van der Waals surface area contributed by atoms with Crippen LogP contribution in [-0.2, 0) is 6.54 Å². The first-order valence-electron chi connectivity index (χ1n) is 5.78. The summed E-state index contributed by atoms with van der Waals surface area (Å²) in [5.41, 5.74) is 1.39. The van der Waals surface area contributed by atoms with Gasteiger partial charge >= 0.3 is 0 Å². The second-order valence-electron chi connectivity index (χ2n) is 4.62. The summed E-state index contributed by atoms with van der Waals surface area (Å²) < 4.78 is 0. The van der Waals surface area contributed by atoms with Gasteiger partial charge in [0.15, 0.2) is 0 Å². The van der Waals surface area contributed by atoms with Crippen LogP contribution < -0.4 is 5.32 Å². The maximum absolute atomic E-state index is 4.06. The Morgan fingerprint density at radius 2 is 2.20 bits per heavy atom. The van der Waals surface area contributed by atoms with Gasteiger partial charge in [-0.15, -0.1) is 0 Å². The van der Waals surface area contributed by atoms with E-state index in [0.717, 1.165) is 18.6 Å². The molecule has 2 atom stereocenters. The van der Waals surface area contributed by atoms with Crippen LogP contribution in [0.2, 0.25) is 0 Å². The standard InChI is InChI=1S/C12H17N3/c1-2-12-7-14-11(1)9-15(12)8-10-3-5-13-6-4-10/h3-6,11-12,14H,1-2,7-9H2. The van der Waals surface area contributed by atoms with Crippen molar-refractivity contribution in [2.75, 3.05) is 13.1 Å². The molecule has 4 rings (SSSR count). The molecule has 0 aliphatic carbocycles. The Kier molecular flexibility index (Phi) is 2.43. The average Bonchev–Trinajstić information content (AvgIpc) is 2.32. The molecule has 3 aliphatic rings. The summed E-state index contributed by atoms with van der Waals surface area (Å²) in [4.78, 5) is 6.67. The molecule has 15 heavy (non-hydrogen) atoms. The van der Waals surface area contributed by atoms with Gasteiger partial charge in [-0.3, -0.25) is 9.88 Å². The Labute approximate surface area is 90.5 Å². The molecular weight excluding hydrogens is 186 g/mol.